The Balaban J connectivity index is 1.92. The van der Waals surface area contributed by atoms with Gasteiger partial charge in [0.05, 0.1) is 0 Å². The first-order valence-electron chi connectivity index (χ1n) is 7.54. The van der Waals surface area contributed by atoms with Gasteiger partial charge in [-0.2, -0.15) is 0 Å². The van der Waals surface area contributed by atoms with Crippen molar-refractivity contribution in [1.82, 2.24) is 15.5 Å². The summed E-state index contributed by atoms with van der Waals surface area (Å²) in [6.07, 6.45) is 0. The number of rotatable bonds is 7. The summed E-state index contributed by atoms with van der Waals surface area (Å²) in [6.45, 7) is 5.15. The molecule has 2 N–H and O–H groups in total. The maximum absolute atomic E-state index is 12.3. The first-order valence-corrected chi connectivity index (χ1v) is 9.34. The molecule has 24 heavy (non-hydrogen) atoms. The highest BCUT2D eigenvalue weighted by Gasteiger charge is 2.24. The summed E-state index contributed by atoms with van der Waals surface area (Å²) in [4.78, 5) is 23.5. The lowest BCUT2D eigenvalue weighted by atomic mass is 10.0. The summed E-state index contributed by atoms with van der Waals surface area (Å²) in [6, 6.07) is 9.49. The van der Waals surface area contributed by atoms with E-state index in [2.05, 4.69) is 33.0 Å². The van der Waals surface area contributed by atoms with Crippen LogP contribution >= 0.6 is 23.1 Å². The molecule has 1 atom stereocenters. The molecular weight excluding hydrogens is 344 g/mol. The first-order chi connectivity index (χ1) is 11.5. The van der Waals surface area contributed by atoms with Crippen LogP contribution in [0.3, 0.4) is 0 Å². The van der Waals surface area contributed by atoms with Gasteiger partial charge in [0, 0.05) is 12.7 Å². The number of hydrogen-bond donors (Lipinski definition) is 2. The molecule has 0 bridgehead atoms. The SMILES string of the molecule is CC(=O)NC(C(=O)Nc1nnc(SCc2ccccc2)s1)C(C)C. The summed E-state index contributed by atoms with van der Waals surface area (Å²) in [5, 5.41) is 13.9. The number of benzene rings is 1. The summed E-state index contributed by atoms with van der Waals surface area (Å²) in [7, 11) is 0. The fraction of sp³-hybridized carbons (Fsp3) is 0.375. The second-order valence-electron chi connectivity index (χ2n) is 5.56. The van der Waals surface area contributed by atoms with Gasteiger partial charge in [0.2, 0.25) is 16.9 Å². The minimum absolute atomic E-state index is 0.0197. The van der Waals surface area contributed by atoms with E-state index in [9.17, 15) is 9.59 Å². The van der Waals surface area contributed by atoms with Crippen LogP contribution in [-0.4, -0.2) is 28.1 Å². The maximum atomic E-state index is 12.3. The van der Waals surface area contributed by atoms with Gasteiger partial charge < -0.3 is 5.32 Å². The summed E-state index contributed by atoms with van der Waals surface area (Å²) < 4.78 is 0.787. The van der Waals surface area contributed by atoms with Crippen LogP contribution in [0.2, 0.25) is 0 Å². The second-order valence-corrected chi connectivity index (χ2v) is 7.76. The summed E-state index contributed by atoms with van der Waals surface area (Å²) in [5.74, 6) is 0.258. The van der Waals surface area contributed by atoms with E-state index in [-0.39, 0.29) is 17.7 Å². The third-order valence-corrected chi connectivity index (χ3v) is 5.19. The van der Waals surface area contributed by atoms with E-state index in [0.29, 0.717) is 5.13 Å². The predicted octanol–water partition coefficient (Wildman–Crippen LogP) is 2.93. The Hall–Kier alpha value is -1.93. The number of hydrogen-bond acceptors (Lipinski definition) is 6. The largest absolute Gasteiger partial charge is 0.344 e. The van der Waals surface area contributed by atoms with E-state index in [4.69, 9.17) is 0 Å². The van der Waals surface area contributed by atoms with Crippen LogP contribution in [0.4, 0.5) is 5.13 Å². The van der Waals surface area contributed by atoms with Gasteiger partial charge >= 0.3 is 0 Å². The standard InChI is InChI=1S/C16H20N4O2S2/c1-10(2)13(17-11(3)21)14(22)18-15-19-20-16(24-15)23-9-12-7-5-4-6-8-12/h4-8,10,13H,9H2,1-3H3,(H,17,21)(H,18,19,22). The molecular formula is C16H20N4O2S2. The summed E-state index contributed by atoms with van der Waals surface area (Å²) in [5.41, 5.74) is 1.20. The Labute approximate surface area is 149 Å². The van der Waals surface area contributed by atoms with Crippen molar-refractivity contribution in [1.29, 1.82) is 0 Å². The van der Waals surface area contributed by atoms with E-state index in [1.54, 1.807) is 11.8 Å². The van der Waals surface area contributed by atoms with Crippen molar-refractivity contribution in [2.75, 3.05) is 5.32 Å². The lowest BCUT2D eigenvalue weighted by Crippen LogP contribution is -2.46. The fourth-order valence-corrected chi connectivity index (χ4v) is 3.69. The number of nitrogens with zero attached hydrogens (tertiary/aromatic N) is 2. The topological polar surface area (TPSA) is 84.0 Å². The lowest BCUT2D eigenvalue weighted by Gasteiger charge is -2.19. The summed E-state index contributed by atoms with van der Waals surface area (Å²) >= 11 is 2.90. The molecule has 0 spiro atoms. The third kappa shape index (κ3) is 5.61. The van der Waals surface area contributed by atoms with Crippen LogP contribution in [0.5, 0.6) is 0 Å². The van der Waals surface area contributed by atoms with Crippen molar-refractivity contribution in [3.8, 4) is 0 Å². The van der Waals surface area contributed by atoms with Crippen LogP contribution < -0.4 is 10.6 Å². The number of thioether (sulfide) groups is 1. The molecule has 6 nitrogen and oxygen atoms in total. The molecule has 0 radical (unpaired) electrons. The Morgan fingerprint density at radius 2 is 1.92 bits per heavy atom. The van der Waals surface area contributed by atoms with E-state index < -0.39 is 6.04 Å². The Morgan fingerprint density at radius 3 is 2.54 bits per heavy atom. The molecule has 2 aromatic rings. The van der Waals surface area contributed by atoms with Gasteiger partial charge in [-0.3, -0.25) is 14.9 Å². The Morgan fingerprint density at radius 1 is 1.21 bits per heavy atom. The van der Waals surface area contributed by atoms with Crippen molar-refractivity contribution in [3.05, 3.63) is 35.9 Å². The fourth-order valence-electron chi connectivity index (χ4n) is 1.98. The molecule has 2 rings (SSSR count). The highest BCUT2D eigenvalue weighted by Crippen LogP contribution is 2.28. The number of anilines is 1. The number of amides is 2. The minimum Gasteiger partial charge on any atom is -0.344 e. The second kappa shape index (κ2) is 8.79. The number of carbonyl (C=O) groups excluding carboxylic acids is 2. The predicted molar refractivity (Wildman–Crippen MR) is 97.0 cm³/mol. The molecule has 0 fully saturated rings. The van der Waals surface area contributed by atoms with Gasteiger partial charge in [-0.05, 0) is 11.5 Å². The van der Waals surface area contributed by atoms with Crippen molar-refractivity contribution in [2.24, 2.45) is 5.92 Å². The number of carbonyl (C=O) groups is 2. The molecule has 0 aliphatic heterocycles. The van der Waals surface area contributed by atoms with Gasteiger partial charge in [0.25, 0.3) is 0 Å². The molecule has 1 aromatic heterocycles. The van der Waals surface area contributed by atoms with Crippen molar-refractivity contribution in [3.63, 3.8) is 0 Å². The molecule has 128 valence electrons. The van der Waals surface area contributed by atoms with Crippen LogP contribution in [-0.2, 0) is 15.3 Å². The Bertz CT molecular complexity index is 688. The molecule has 1 aromatic carbocycles. The van der Waals surface area contributed by atoms with E-state index in [1.807, 2.05) is 32.0 Å². The third-order valence-electron chi connectivity index (χ3n) is 3.15. The van der Waals surface area contributed by atoms with Crippen LogP contribution in [0.15, 0.2) is 34.7 Å². The minimum atomic E-state index is -0.591. The highest BCUT2D eigenvalue weighted by molar-refractivity contribution is 8.00. The van der Waals surface area contributed by atoms with Crippen LogP contribution in [0.1, 0.15) is 26.3 Å². The zero-order valence-electron chi connectivity index (χ0n) is 13.8. The average Bonchev–Trinajstić information content (AvgIpc) is 2.98. The number of nitrogens with one attached hydrogen (secondary N) is 2. The van der Waals surface area contributed by atoms with Gasteiger partial charge in [-0.15, -0.1) is 10.2 Å². The Kier molecular flexibility index (Phi) is 6.74. The zero-order chi connectivity index (χ0) is 17.5. The molecule has 1 heterocycles. The van der Waals surface area contributed by atoms with Crippen LogP contribution in [0, 0.1) is 5.92 Å². The monoisotopic (exact) mass is 364 g/mol. The lowest BCUT2D eigenvalue weighted by molar-refractivity contribution is -0.126. The number of aromatic nitrogens is 2. The molecule has 0 saturated heterocycles. The molecule has 0 aliphatic carbocycles. The smallest absolute Gasteiger partial charge is 0.249 e. The molecule has 0 saturated carbocycles. The zero-order valence-corrected chi connectivity index (χ0v) is 15.4. The van der Waals surface area contributed by atoms with Gasteiger partial charge in [-0.25, -0.2) is 0 Å². The van der Waals surface area contributed by atoms with E-state index >= 15 is 0 Å². The van der Waals surface area contributed by atoms with Gasteiger partial charge in [0.1, 0.15) is 6.04 Å². The highest BCUT2D eigenvalue weighted by atomic mass is 32.2. The maximum Gasteiger partial charge on any atom is 0.249 e. The van der Waals surface area contributed by atoms with Gasteiger partial charge in [0.15, 0.2) is 4.34 Å². The van der Waals surface area contributed by atoms with E-state index in [1.165, 1.54) is 23.8 Å². The van der Waals surface area contributed by atoms with Crippen molar-refractivity contribution < 1.29 is 9.59 Å². The van der Waals surface area contributed by atoms with Crippen molar-refractivity contribution in [2.45, 2.75) is 36.9 Å². The molecule has 0 aliphatic rings. The van der Waals surface area contributed by atoms with E-state index in [0.717, 1.165) is 10.1 Å². The van der Waals surface area contributed by atoms with Crippen LogP contribution in [0.25, 0.3) is 0 Å². The first kappa shape index (κ1) is 18.4. The van der Waals surface area contributed by atoms with Gasteiger partial charge in [-0.1, -0.05) is 67.3 Å². The molecule has 2 amide bonds. The van der Waals surface area contributed by atoms with Crippen molar-refractivity contribution >= 4 is 40.0 Å². The average molecular weight is 364 g/mol. The quantitative estimate of drug-likeness (QED) is 0.583. The molecule has 8 heteroatoms. The molecule has 1 unspecified atom stereocenters. The normalized spacial score (nSPS) is 12.0.